The lowest BCUT2D eigenvalue weighted by atomic mass is 10.1. The first kappa shape index (κ1) is 11.6. The summed E-state index contributed by atoms with van der Waals surface area (Å²) in [4.78, 5) is 25.2. The SMILES string of the molecule is CCNC(=O)[C@@H]1CC(=O)N(c2ccccc2)C1. The van der Waals surface area contributed by atoms with E-state index in [9.17, 15) is 9.59 Å². The molecule has 1 aliphatic rings. The zero-order valence-corrected chi connectivity index (χ0v) is 9.85. The number of hydrogen-bond donors (Lipinski definition) is 1. The number of carbonyl (C=O) groups is 2. The summed E-state index contributed by atoms with van der Waals surface area (Å²) in [5.41, 5.74) is 0.865. The van der Waals surface area contributed by atoms with Crippen LogP contribution in [0.5, 0.6) is 0 Å². The molecule has 4 heteroatoms. The van der Waals surface area contributed by atoms with Crippen LogP contribution in [0.3, 0.4) is 0 Å². The van der Waals surface area contributed by atoms with E-state index in [-0.39, 0.29) is 17.7 Å². The van der Waals surface area contributed by atoms with E-state index in [1.807, 2.05) is 37.3 Å². The average molecular weight is 232 g/mol. The van der Waals surface area contributed by atoms with Crippen molar-refractivity contribution in [1.29, 1.82) is 0 Å². The summed E-state index contributed by atoms with van der Waals surface area (Å²) in [6.07, 6.45) is 0.306. The number of benzene rings is 1. The summed E-state index contributed by atoms with van der Waals surface area (Å²) in [5.74, 6) is -0.227. The molecule has 2 amide bonds. The Kier molecular flexibility index (Phi) is 3.42. The van der Waals surface area contributed by atoms with Crippen LogP contribution in [0.2, 0.25) is 0 Å². The van der Waals surface area contributed by atoms with Crippen molar-refractivity contribution >= 4 is 17.5 Å². The van der Waals surface area contributed by atoms with Crippen LogP contribution in [0, 0.1) is 5.92 Å². The van der Waals surface area contributed by atoms with Crippen LogP contribution >= 0.6 is 0 Å². The Bertz CT molecular complexity index is 417. The maximum absolute atomic E-state index is 11.8. The van der Waals surface area contributed by atoms with Crippen molar-refractivity contribution in [3.05, 3.63) is 30.3 Å². The third-order valence-electron chi connectivity index (χ3n) is 2.91. The molecule has 90 valence electrons. The van der Waals surface area contributed by atoms with Crippen molar-refractivity contribution in [1.82, 2.24) is 5.32 Å². The Morgan fingerprint density at radius 1 is 1.41 bits per heavy atom. The minimum absolute atomic E-state index is 0.0208. The van der Waals surface area contributed by atoms with E-state index in [4.69, 9.17) is 0 Å². The number of anilines is 1. The minimum atomic E-state index is -0.220. The molecule has 0 aliphatic carbocycles. The first-order valence-corrected chi connectivity index (χ1v) is 5.85. The van der Waals surface area contributed by atoms with E-state index in [0.717, 1.165) is 5.69 Å². The quantitative estimate of drug-likeness (QED) is 0.850. The van der Waals surface area contributed by atoms with Gasteiger partial charge < -0.3 is 10.2 Å². The maximum atomic E-state index is 11.8. The zero-order chi connectivity index (χ0) is 12.3. The molecule has 0 bridgehead atoms. The number of nitrogens with zero attached hydrogens (tertiary/aromatic N) is 1. The lowest BCUT2D eigenvalue weighted by Crippen LogP contribution is -2.32. The summed E-state index contributed by atoms with van der Waals surface area (Å²) >= 11 is 0. The lowest BCUT2D eigenvalue weighted by Gasteiger charge is -2.16. The van der Waals surface area contributed by atoms with Gasteiger partial charge >= 0.3 is 0 Å². The van der Waals surface area contributed by atoms with Gasteiger partial charge in [-0.2, -0.15) is 0 Å². The number of para-hydroxylation sites is 1. The van der Waals surface area contributed by atoms with Crippen LogP contribution < -0.4 is 10.2 Å². The maximum Gasteiger partial charge on any atom is 0.227 e. The monoisotopic (exact) mass is 232 g/mol. The van der Waals surface area contributed by atoms with Gasteiger partial charge in [0, 0.05) is 25.2 Å². The standard InChI is InChI=1S/C13H16N2O2/c1-2-14-13(17)10-8-12(16)15(9-10)11-6-4-3-5-7-11/h3-7,10H,2,8-9H2,1H3,(H,14,17)/t10-/m1/s1. The van der Waals surface area contributed by atoms with Gasteiger partial charge in [-0.3, -0.25) is 9.59 Å². The highest BCUT2D eigenvalue weighted by Crippen LogP contribution is 2.24. The Hall–Kier alpha value is -1.84. The number of carbonyl (C=O) groups excluding carboxylic acids is 2. The molecule has 1 aromatic rings. The molecule has 0 radical (unpaired) electrons. The van der Waals surface area contributed by atoms with Gasteiger partial charge in [0.05, 0.1) is 5.92 Å². The molecule has 17 heavy (non-hydrogen) atoms. The third-order valence-corrected chi connectivity index (χ3v) is 2.91. The number of hydrogen-bond acceptors (Lipinski definition) is 2. The first-order chi connectivity index (χ1) is 8.22. The van der Waals surface area contributed by atoms with Crippen LogP contribution in [-0.4, -0.2) is 24.9 Å². The molecule has 1 N–H and O–H groups in total. The highest BCUT2D eigenvalue weighted by atomic mass is 16.2. The van der Waals surface area contributed by atoms with E-state index in [1.165, 1.54) is 0 Å². The molecule has 1 atom stereocenters. The normalized spacial score (nSPS) is 19.5. The van der Waals surface area contributed by atoms with Crippen LogP contribution in [0.25, 0.3) is 0 Å². The van der Waals surface area contributed by atoms with Gasteiger partial charge in [0.1, 0.15) is 0 Å². The Balaban J connectivity index is 2.08. The zero-order valence-electron chi connectivity index (χ0n) is 9.85. The fraction of sp³-hybridized carbons (Fsp3) is 0.385. The Labute approximate surface area is 101 Å². The van der Waals surface area contributed by atoms with Crippen molar-refractivity contribution in [2.45, 2.75) is 13.3 Å². The Morgan fingerprint density at radius 3 is 2.76 bits per heavy atom. The second-order valence-corrected chi connectivity index (χ2v) is 4.14. The average Bonchev–Trinajstić information content (AvgIpc) is 2.73. The third kappa shape index (κ3) is 2.46. The van der Waals surface area contributed by atoms with Crippen molar-refractivity contribution in [2.75, 3.05) is 18.0 Å². The fourth-order valence-corrected chi connectivity index (χ4v) is 2.06. The molecule has 0 unspecified atom stereocenters. The topological polar surface area (TPSA) is 49.4 Å². The molecule has 1 saturated heterocycles. The fourth-order valence-electron chi connectivity index (χ4n) is 2.06. The summed E-state index contributed by atoms with van der Waals surface area (Å²) in [6, 6.07) is 9.46. The predicted octanol–water partition coefficient (Wildman–Crippen LogP) is 1.18. The summed E-state index contributed by atoms with van der Waals surface area (Å²) < 4.78 is 0. The van der Waals surface area contributed by atoms with Gasteiger partial charge in [0.15, 0.2) is 0 Å². The van der Waals surface area contributed by atoms with Crippen molar-refractivity contribution < 1.29 is 9.59 Å². The molecule has 0 spiro atoms. The molecule has 2 rings (SSSR count). The van der Waals surface area contributed by atoms with Gasteiger partial charge in [-0.15, -0.1) is 0 Å². The van der Waals surface area contributed by atoms with E-state index < -0.39 is 0 Å². The smallest absolute Gasteiger partial charge is 0.227 e. The molecule has 4 nitrogen and oxygen atoms in total. The van der Waals surface area contributed by atoms with E-state index >= 15 is 0 Å². The summed E-state index contributed by atoms with van der Waals surface area (Å²) in [7, 11) is 0. The van der Waals surface area contributed by atoms with E-state index in [1.54, 1.807) is 4.90 Å². The second-order valence-electron chi connectivity index (χ2n) is 4.14. The largest absolute Gasteiger partial charge is 0.356 e. The van der Waals surface area contributed by atoms with Crippen LogP contribution in [0.15, 0.2) is 30.3 Å². The molecule has 0 saturated carbocycles. The van der Waals surface area contributed by atoms with E-state index in [2.05, 4.69) is 5.32 Å². The minimum Gasteiger partial charge on any atom is -0.356 e. The van der Waals surface area contributed by atoms with Crippen LogP contribution in [-0.2, 0) is 9.59 Å². The summed E-state index contributed by atoms with van der Waals surface area (Å²) in [5, 5.41) is 2.76. The Morgan fingerprint density at radius 2 is 2.12 bits per heavy atom. The van der Waals surface area contributed by atoms with Gasteiger partial charge in [-0.05, 0) is 19.1 Å². The molecule has 1 heterocycles. The first-order valence-electron chi connectivity index (χ1n) is 5.85. The molecule has 0 aromatic heterocycles. The molecule has 1 aromatic carbocycles. The molecular formula is C13H16N2O2. The second kappa shape index (κ2) is 4.99. The number of amides is 2. The van der Waals surface area contributed by atoms with Gasteiger partial charge in [-0.1, -0.05) is 18.2 Å². The molecule has 1 aliphatic heterocycles. The van der Waals surface area contributed by atoms with Gasteiger partial charge in [-0.25, -0.2) is 0 Å². The number of nitrogens with one attached hydrogen (secondary N) is 1. The van der Waals surface area contributed by atoms with Crippen molar-refractivity contribution in [3.8, 4) is 0 Å². The number of rotatable bonds is 3. The highest BCUT2D eigenvalue weighted by molar-refractivity contribution is 6.00. The van der Waals surface area contributed by atoms with Crippen LogP contribution in [0.4, 0.5) is 5.69 Å². The highest BCUT2D eigenvalue weighted by Gasteiger charge is 2.34. The molecular weight excluding hydrogens is 216 g/mol. The van der Waals surface area contributed by atoms with Crippen LogP contribution in [0.1, 0.15) is 13.3 Å². The molecule has 1 fully saturated rings. The van der Waals surface area contributed by atoms with Gasteiger partial charge in [0.2, 0.25) is 11.8 Å². The van der Waals surface area contributed by atoms with Crippen molar-refractivity contribution in [2.24, 2.45) is 5.92 Å². The summed E-state index contributed by atoms with van der Waals surface area (Å²) in [6.45, 7) is 2.97. The predicted molar refractivity (Wildman–Crippen MR) is 65.6 cm³/mol. The van der Waals surface area contributed by atoms with Gasteiger partial charge in [0.25, 0.3) is 0 Å². The van der Waals surface area contributed by atoms with Crippen molar-refractivity contribution in [3.63, 3.8) is 0 Å². The lowest BCUT2D eigenvalue weighted by molar-refractivity contribution is -0.126. The van der Waals surface area contributed by atoms with E-state index in [0.29, 0.717) is 19.5 Å².